The number of rotatable bonds is 3. The summed E-state index contributed by atoms with van der Waals surface area (Å²) in [6.07, 6.45) is 2.98. The van der Waals surface area contributed by atoms with Gasteiger partial charge in [-0.3, -0.25) is 5.32 Å². The summed E-state index contributed by atoms with van der Waals surface area (Å²) < 4.78 is 5.17. The van der Waals surface area contributed by atoms with Gasteiger partial charge < -0.3 is 10.1 Å². The molecule has 1 atom stereocenters. The molecule has 2 N–H and O–H groups in total. The minimum Gasteiger partial charge on any atom is -0.448 e. The first kappa shape index (κ1) is 13.2. The fourth-order valence-electron chi connectivity index (χ4n) is 1.95. The third kappa shape index (κ3) is 3.89. The number of carbonyl (C=O) groups is 1. The van der Waals surface area contributed by atoms with Crippen LogP contribution in [0.5, 0.6) is 0 Å². The lowest BCUT2D eigenvalue weighted by atomic mass is 10.1. The molecule has 1 aromatic carbocycles. The Bertz CT molecular complexity index is 406. The molecule has 0 aromatic heterocycles. The number of nitrogens with one attached hydrogen (secondary N) is 2. The number of benzene rings is 1. The van der Waals surface area contributed by atoms with Gasteiger partial charge in [-0.2, -0.15) is 0 Å². The molecule has 1 aliphatic heterocycles. The first-order valence-electron chi connectivity index (χ1n) is 6.17. The van der Waals surface area contributed by atoms with E-state index in [0.717, 1.165) is 13.0 Å². The van der Waals surface area contributed by atoms with Crippen LogP contribution in [0.4, 0.5) is 10.5 Å². The Hall–Kier alpha value is -1.26. The number of amides is 1. The first-order chi connectivity index (χ1) is 8.75. The Labute approximate surface area is 112 Å². The molecule has 0 spiro atoms. The zero-order valence-corrected chi connectivity index (χ0v) is 10.9. The van der Waals surface area contributed by atoms with E-state index in [9.17, 15) is 4.79 Å². The molecule has 18 heavy (non-hydrogen) atoms. The Balaban J connectivity index is 1.76. The monoisotopic (exact) mass is 268 g/mol. The lowest BCUT2D eigenvalue weighted by Crippen LogP contribution is -2.38. The standard InChI is InChI=1S/C13H17ClN2O2/c14-11-6-1-2-7-12(11)16-13(17)18-9-10-5-3-4-8-15-10/h1-2,6-7,10,15H,3-5,8-9H2,(H,16,17). The van der Waals surface area contributed by atoms with Crippen molar-refractivity contribution in [1.82, 2.24) is 5.32 Å². The Morgan fingerprint density at radius 1 is 1.44 bits per heavy atom. The molecule has 0 saturated carbocycles. The Kier molecular flexibility index (Phi) is 4.84. The van der Waals surface area contributed by atoms with Crippen molar-refractivity contribution in [2.24, 2.45) is 0 Å². The van der Waals surface area contributed by atoms with Crippen molar-refractivity contribution in [1.29, 1.82) is 0 Å². The van der Waals surface area contributed by atoms with Gasteiger partial charge in [0, 0.05) is 6.04 Å². The molecule has 1 unspecified atom stereocenters. The minimum absolute atomic E-state index is 0.274. The van der Waals surface area contributed by atoms with Gasteiger partial charge in [-0.1, -0.05) is 30.2 Å². The summed E-state index contributed by atoms with van der Waals surface area (Å²) in [4.78, 5) is 11.6. The third-order valence-corrected chi connectivity index (χ3v) is 3.27. The molecule has 1 fully saturated rings. The predicted molar refractivity (Wildman–Crippen MR) is 72.1 cm³/mol. The van der Waals surface area contributed by atoms with Crippen LogP contribution in [-0.2, 0) is 4.74 Å². The van der Waals surface area contributed by atoms with E-state index in [1.165, 1.54) is 12.8 Å². The fraction of sp³-hybridized carbons (Fsp3) is 0.462. The molecular formula is C13H17ClN2O2. The molecule has 0 radical (unpaired) electrons. The average Bonchev–Trinajstić information content (AvgIpc) is 2.40. The van der Waals surface area contributed by atoms with Crippen molar-refractivity contribution in [2.45, 2.75) is 25.3 Å². The quantitative estimate of drug-likeness (QED) is 0.886. The normalized spacial score (nSPS) is 19.3. The van der Waals surface area contributed by atoms with E-state index in [0.29, 0.717) is 17.3 Å². The second-order valence-corrected chi connectivity index (χ2v) is 4.76. The van der Waals surface area contributed by atoms with Gasteiger partial charge in [0.15, 0.2) is 0 Å². The molecule has 1 aromatic rings. The first-order valence-corrected chi connectivity index (χ1v) is 6.55. The summed E-state index contributed by atoms with van der Waals surface area (Å²) >= 11 is 5.93. The number of para-hydroxylation sites is 1. The Morgan fingerprint density at radius 3 is 3.00 bits per heavy atom. The van der Waals surface area contributed by atoms with E-state index in [1.807, 2.05) is 12.1 Å². The zero-order valence-electron chi connectivity index (χ0n) is 10.1. The molecule has 1 amide bonds. The predicted octanol–water partition coefficient (Wildman–Crippen LogP) is 3.03. The van der Waals surface area contributed by atoms with Crippen molar-refractivity contribution in [3.8, 4) is 0 Å². The van der Waals surface area contributed by atoms with Crippen LogP contribution in [0.25, 0.3) is 0 Å². The van der Waals surface area contributed by atoms with Crippen LogP contribution in [0.1, 0.15) is 19.3 Å². The fourth-order valence-corrected chi connectivity index (χ4v) is 2.13. The number of carbonyl (C=O) groups excluding carboxylic acids is 1. The molecule has 0 bridgehead atoms. The topological polar surface area (TPSA) is 50.4 Å². The molecule has 4 nitrogen and oxygen atoms in total. The van der Waals surface area contributed by atoms with Crippen molar-refractivity contribution in [3.05, 3.63) is 29.3 Å². The molecule has 98 valence electrons. The largest absolute Gasteiger partial charge is 0.448 e. The van der Waals surface area contributed by atoms with Crippen LogP contribution in [0.3, 0.4) is 0 Å². The summed E-state index contributed by atoms with van der Waals surface area (Å²) in [6.45, 7) is 1.40. The minimum atomic E-state index is -0.463. The maximum absolute atomic E-state index is 11.6. The maximum Gasteiger partial charge on any atom is 0.411 e. The highest BCUT2D eigenvalue weighted by atomic mass is 35.5. The summed E-state index contributed by atoms with van der Waals surface area (Å²) in [5, 5.41) is 6.45. The third-order valence-electron chi connectivity index (χ3n) is 2.94. The number of anilines is 1. The summed E-state index contributed by atoms with van der Waals surface area (Å²) in [6, 6.07) is 7.35. The summed E-state index contributed by atoms with van der Waals surface area (Å²) in [5.74, 6) is 0. The van der Waals surface area contributed by atoms with Crippen LogP contribution in [0, 0.1) is 0 Å². The van der Waals surface area contributed by atoms with Gasteiger partial charge >= 0.3 is 6.09 Å². The van der Waals surface area contributed by atoms with Crippen LogP contribution in [0.2, 0.25) is 5.02 Å². The SMILES string of the molecule is O=C(Nc1ccccc1Cl)OCC1CCCCN1. The van der Waals surface area contributed by atoms with Crippen molar-refractivity contribution >= 4 is 23.4 Å². The highest BCUT2D eigenvalue weighted by molar-refractivity contribution is 6.33. The van der Waals surface area contributed by atoms with Crippen molar-refractivity contribution in [2.75, 3.05) is 18.5 Å². The molecule has 1 heterocycles. The lowest BCUT2D eigenvalue weighted by Gasteiger charge is -2.22. The van der Waals surface area contributed by atoms with E-state index in [4.69, 9.17) is 16.3 Å². The van der Waals surface area contributed by atoms with Gasteiger partial charge in [0.1, 0.15) is 6.61 Å². The molecule has 1 aliphatic rings. The van der Waals surface area contributed by atoms with Crippen LogP contribution >= 0.6 is 11.6 Å². The average molecular weight is 269 g/mol. The molecule has 2 rings (SSSR count). The van der Waals surface area contributed by atoms with Gasteiger partial charge in [0.05, 0.1) is 10.7 Å². The number of hydrogen-bond acceptors (Lipinski definition) is 3. The Morgan fingerprint density at radius 2 is 2.28 bits per heavy atom. The van der Waals surface area contributed by atoms with Crippen LogP contribution in [0.15, 0.2) is 24.3 Å². The van der Waals surface area contributed by atoms with Crippen LogP contribution < -0.4 is 10.6 Å². The van der Waals surface area contributed by atoms with Gasteiger partial charge in [-0.05, 0) is 31.5 Å². The van der Waals surface area contributed by atoms with E-state index in [2.05, 4.69) is 10.6 Å². The smallest absolute Gasteiger partial charge is 0.411 e. The van der Waals surface area contributed by atoms with Gasteiger partial charge in [-0.15, -0.1) is 0 Å². The van der Waals surface area contributed by atoms with Crippen molar-refractivity contribution < 1.29 is 9.53 Å². The number of piperidine rings is 1. The van der Waals surface area contributed by atoms with Gasteiger partial charge in [0.25, 0.3) is 0 Å². The molecule has 0 aliphatic carbocycles. The lowest BCUT2D eigenvalue weighted by molar-refractivity contribution is 0.141. The summed E-state index contributed by atoms with van der Waals surface area (Å²) in [5.41, 5.74) is 0.570. The van der Waals surface area contributed by atoms with E-state index in [-0.39, 0.29) is 6.04 Å². The number of hydrogen-bond donors (Lipinski definition) is 2. The zero-order chi connectivity index (χ0) is 12.8. The van der Waals surface area contributed by atoms with Gasteiger partial charge in [-0.25, -0.2) is 4.79 Å². The number of ether oxygens (including phenoxy) is 1. The van der Waals surface area contributed by atoms with E-state index < -0.39 is 6.09 Å². The molecule has 1 saturated heterocycles. The maximum atomic E-state index is 11.6. The highest BCUT2D eigenvalue weighted by Crippen LogP contribution is 2.20. The molecular weight excluding hydrogens is 252 g/mol. The summed E-state index contributed by atoms with van der Waals surface area (Å²) in [7, 11) is 0. The van der Waals surface area contributed by atoms with E-state index in [1.54, 1.807) is 12.1 Å². The highest BCUT2D eigenvalue weighted by Gasteiger charge is 2.14. The number of halogens is 1. The van der Waals surface area contributed by atoms with Gasteiger partial charge in [0.2, 0.25) is 0 Å². The second-order valence-electron chi connectivity index (χ2n) is 4.35. The molecule has 5 heteroatoms. The second kappa shape index (κ2) is 6.61. The van der Waals surface area contributed by atoms with E-state index >= 15 is 0 Å². The van der Waals surface area contributed by atoms with Crippen LogP contribution in [-0.4, -0.2) is 25.3 Å². The van der Waals surface area contributed by atoms with Crippen molar-refractivity contribution in [3.63, 3.8) is 0 Å².